The van der Waals surface area contributed by atoms with E-state index in [2.05, 4.69) is 41.2 Å². The number of carbonyl (C=O) groups excluding carboxylic acids is 1. The van der Waals surface area contributed by atoms with E-state index in [9.17, 15) is 4.79 Å². The fourth-order valence-electron chi connectivity index (χ4n) is 4.22. The highest BCUT2D eigenvalue weighted by molar-refractivity contribution is 9.10. The van der Waals surface area contributed by atoms with Crippen molar-refractivity contribution < 1.29 is 14.3 Å². The maximum absolute atomic E-state index is 13.2. The molecule has 0 saturated heterocycles. The molecule has 28 heavy (non-hydrogen) atoms. The van der Waals surface area contributed by atoms with Gasteiger partial charge in [-0.1, -0.05) is 40.7 Å². The highest BCUT2D eigenvalue weighted by Gasteiger charge is 2.50. The Labute approximate surface area is 184 Å². The first-order chi connectivity index (χ1) is 13.3. The van der Waals surface area contributed by atoms with Gasteiger partial charge in [0.1, 0.15) is 5.76 Å². The highest BCUT2D eigenvalue weighted by Crippen LogP contribution is 2.46. The van der Waals surface area contributed by atoms with E-state index in [-0.39, 0.29) is 12.0 Å². The first-order valence-corrected chi connectivity index (χ1v) is 11.9. The van der Waals surface area contributed by atoms with E-state index in [4.69, 9.17) is 21.7 Å². The number of nitrogens with one attached hydrogen (secondary N) is 1. The Morgan fingerprint density at radius 3 is 2.64 bits per heavy atom. The van der Waals surface area contributed by atoms with Crippen LogP contribution in [0.1, 0.15) is 49.3 Å². The molecule has 0 atom stereocenters. The second-order valence-corrected chi connectivity index (χ2v) is 9.63. The second kappa shape index (κ2) is 8.86. The van der Waals surface area contributed by atoms with Crippen LogP contribution in [0.3, 0.4) is 0 Å². The lowest BCUT2D eigenvalue weighted by atomic mass is 9.79. The van der Waals surface area contributed by atoms with Gasteiger partial charge < -0.3 is 14.8 Å². The minimum atomic E-state index is -0.517. The molecule has 1 fully saturated rings. The number of aryl methyl sites for hydroxylation is 2. The Bertz CT molecular complexity index is 829. The Hall–Kier alpha value is -0.890. The molecule has 0 aromatic heterocycles. The zero-order valence-electron chi connectivity index (χ0n) is 16.7. The SMILES string of the molecule is CCc1cc(C)cc(Br)c1C1=C(OC(=S)SC)C2(CCC(OC)CC2)NC1=O. The summed E-state index contributed by atoms with van der Waals surface area (Å²) in [5.41, 5.74) is 3.28. The molecule has 1 aromatic rings. The summed E-state index contributed by atoms with van der Waals surface area (Å²) in [7, 11) is 1.74. The fourth-order valence-corrected chi connectivity index (χ4v) is 5.29. The van der Waals surface area contributed by atoms with E-state index in [1.165, 1.54) is 11.8 Å². The van der Waals surface area contributed by atoms with Gasteiger partial charge in [-0.25, -0.2) is 0 Å². The summed E-state index contributed by atoms with van der Waals surface area (Å²) in [4.78, 5) is 13.2. The quantitative estimate of drug-likeness (QED) is 0.599. The Morgan fingerprint density at radius 1 is 1.39 bits per heavy atom. The van der Waals surface area contributed by atoms with Crippen molar-refractivity contribution in [3.8, 4) is 0 Å². The third-order valence-electron chi connectivity index (χ3n) is 5.66. The van der Waals surface area contributed by atoms with Crippen LogP contribution in [0.5, 0.6) is 0 Å². The van der Waals surface area contributed by atoms with Crippen molar-refractivity contribution in [2.45, 2.75) is 57.6 Å². The third kappa shape index (κ3) is 4.04. The van der Waals surface area contributed by atoms with E-state index in [0.717, 1.165) is 53.3 Å². The smallest absolute Gasteiger partial charge is 0.256 e. The van der Waals surface area contributed by atoms with Crippen molar-refractivity contribution in [1.29, 1.82) is 0 Å². The topological polar surface area (TPSA) is 47.6 Å². The summed E-state index contributed by atoms with van der Waals surface area (Å²) in [6.45, 7) is 4.16. The second-order valence-electron chi connectivity index (χ2n) is 7.37. The molecule has 1 N–H and O–H groups in total. The molecule has 0 radical (unpaired) electrons. The fraction of sp³-hybridized carbons (Fsp3) is 0.524. The number of rotatable bonds is 4. The van der Waals surface area contributed by atoms with E-state index in [1.807, 2.05) is 12.3 Å². The van der Waals surface area contributed by atoms with Crippen molar-refractivity contribution in [2.75, 3.05) is 13.4 Å². The van der Waals surface area contributed by atoms with E-state index >= 15 is 0 Å². The van der Waals surface area contributed by atoms with Crippen molar-refractivity contribution in [3.63, 3.8) is 0 Å². The first-order valence-electron chi connectivity index (χ1n) is 9.50. The minimum absolute atomic E-state index is 0.0889. The largest absolute Gasteiger partial charge is 0.441 e. The number of methoxy groups -OCH3 is 1. The molecule has 3 rings (SSSR count). The van der Waals surface area contributed by atoms with Crippen LogP contribution in [0.2, 0.25) is 0 Å². The van der Waals surface area contributed by atoms with Crippen LogP contribution in [-0.2, 0) is 20.7 Å². The maximum atomic E-state index is 13.2. The summed E-state index contributed by atoms with van der Waals surface area (Å²) >= 11 is 10.4. The molecule has 1 aliphatic carbocycles. The molecule has 2 aliphatic rings. The van der Waals surface area contributed by atoms with Crippen molar-refractivity contribution >= 4 is 55.8 Å². The Balaban J connectivity index is 2.17. The first kappa shape index (κ1) is 21.8. The predicted molar refractivity (Wildman–Crippen MR) is 123 cm³/mol. The van der Waals surface area contributed by atoms with Crippen LogP contribution >= 0.6 is 39.9 Å². The average Bonchev–Trinajstić information content (AvgIpc) is 2.92. The molecule has 1 aromatic carbocycles. The van der Waals surface area contributed by atoms with Gasteiger partial charge >= 0.3 is 0 Å². The lowest BCUT2D eigenvalue weighted by molar-refractivity contribution is -0.116. The third-order valence-corrected chi connectivity index (χ3v) is 7.29. The van der Waals surface area contributed by atoms with Gasteiger partial charge in [0.25, 0.3) is 5.91 Å². The zero-order chi connectivity index (χ0) is 20.5. The number of hydrogen-bond acceptors (Lipinski definition) is 5. The Morgan fingerprint density at radius 2 is 2.07 bits per heavy atom. The lowest BCUT2D eigenvalue weighted by Gasteiger charge is -2.38. The molecule has 4 nitrogen and oxygen atoms in total. The number of benzene rings is 1. The molecule has 1 heterocycles. The van der Waals surface area contributed by atoms with Gasteiger partial charge in [0.15, 0.2) is 0 Å². The molecule has 7 heteroatoms. The van der Waals surface area contributed by atoms with Crippen LogP contribution < -0.4 is 5.32 Å². The monoisotopic (exact) mass is 483 g/mol. The molecule has 152 valence electrons. The van der Waals surface area contributed by atoms with Crippen LogP contribution in [0.4, 0.5) is 0 Å². The van der Waals surface area contributed by atoms with E-state index < -0.39 is 5.54 Å². The molecule has 1 amide bonds. The highest BCUT2D eigenvalue weighted by atomic mass is 79.9. The summed E-state index contributed by atoms with van der Waals surface area (Å²) in [5, 5.41) is 3.25. The lowest BCUT2D eigenvalue weighted by Crippen LogP contribution is -2.49. The number of carbonyl (C=O) groups is 1. The van der Waals surface area contributed by atoms with Crippen molar-refractivity contribution in [1.82, 2.24) is 5.32 Å². The van der Waals surface area contributed by atoms with Crippen LogP contribution in [0.25, 0.3) is 5.57 Å². The number of ether oxygens (including phenoxy) is 2. The number of thioether (sulfide) groups is 1. The molecule has 1 spiro atoms. The van der Waals surface area contributed by atoms with E-state index in [1.54, 1.807) is 7.11 Å². The van der Waals surface area contributed by atoms with Crippen LogP contribution in [-0.4, -0.2) is 35.3 Å². The number of halogens is 1. The molecule has 0 unspecified atom stereocenters. The number of amides is 1. The molecule has 1 aliphatic heterocycles. The predicted octanol–water partition coefficient (Wildman–Crippen LogP) is 5.15. The Kier molecular flexibility index (Phi) is 6.90. The van der Waals surface area contributed by atoms with Gasteiger partial charge in [-0.15, -0.1) is 0 Å². The van der Waals surface area contributed by atoms with Gasteiger partial charge in [0, 0.05) is 17.1 Å². The van der Waals surface area contributed by atoms with E-state index in [0.29, 0.717) is 15.7 Å². The van der Waals surface area contributed by atoms with Gasteiger partial charge in [0.2, 0.25) is 4.38 Å². The number of thiocarbonyl (C=S) groups is 1. The van der Waals surface area contributed by atoms with Crippen LogP contribution in [0.15, 0.2) is 22.4 Å². The minimum Gasteiger partial charge on any atom is -0.441 e. The molecular formula is C21H26BrNO3S2. The van der Waals surface area contributed by atoms with Crippen molar-refractivity contribution in [2.24, 2.45) is 0 Å². The summed E-state index contributed by atoms with van der Waals surface area (Å²) in [5.74, 6) is 0.583. The molecule has 0 bridgehead atoms. The summed E-state index contributed by atoms with van der Waals surface area (Å²) in [6.07, 6.45) is 6.23. The van der Waals surface area contributed by atoms with Gasteiger partial charge in [-0.3, -0.25) is 4.79 Å². The average molecular weight is 484 g/mol. The van der Waals surface area contributed by atoms with Crippen molar-refractivity contribution in [3.05, 3.63) is 39.1 Å². The zero-order valence-corrected chi connectivity index (χ0v) is 19.9. The van der Waals surface area contributed by atoms with Gasteiger partial charge in [0.05, 0.1) is 17.2 Å². The van der Waals surface area contributed by atoms with Gasteiger partial charge in [-0.05, 0) is 74.7 Å². The summed E-state index contributed by atoms with van der Waals surface area (Å²) in [6, 6.07) is 4.18. The summed E-state index contributed by atoms with van der Waals surface area (Å²) < 4.78 is 13.0. The number of hydrogen-bond donors (Lipinski definition) is 1. The van der Waals surface area contributed by atoms with Crippen LogP contribution in [0, 0.1) is 6.92 Å². The van der Waals surface area contributed by atoms with Gasteiger partial charge in [-0.2, -0.15) is 0 Å². The molecular weight excluding hydrogens is 458 g/mol. The maximum Gasteiger partial charge on any atom is 0.256 e. The normalized spacial score (nSPS) is 24.6. The standard InChI is InChI=1S/C21H26BrNO3S2/c1-5-13-10-12(2)11-15(22)16(13)17-18(26-20(27)28-4)21(23-19(17)24)8-6-14(25-3)7-9-21/h10-11,14H,5-9H2,1-4H3,(H,23,24). The molecule has 1 saturated carbocycles.